The molecular weight excluding hydrogens is 673 g/mol. The summed E-state index contributed by atoms with van der Waals surface area (Å²) >= 11 is 0. The third kappa shape index (κ3) is 7.01. The number of hydrogen-bond donors (Lipinski definition) is 0. The molecule has 1 aromatic carbocycles. The lowest BCUT2D eigenvalue weighted by Crippen LogP contribution is -2.64. The normalized spacial score (nSPS) is 24.8. The topological polar surface area (TPSA) is 135 Å². The number of rotatable bonds is 3. The van der Waals surface area contributed by atoms with Crippen molar-refractivity contribution in [3.63, 3.8) is 0 Å². The molecular formula is C37H50N6O7S. The fourth-order valence-electron chi connectivity index (χ4n) is 7.96. The van der Waals surface area contributed by atoms with E-state index in [0.29, 0.717) is 53.8 Å². The Morgan fingerprint density at radius 3 is 2.20 bits per heavy atom. The van der Waals surface area contributed by atoms with Crippen LogP contribution in [0.2, 0.25) is 0 Å². The van der Waals surface area contributed by atoms with Crippen LogP contribution in [0.25, 0.3) is 5.57 Å². The number of sulfone groups is 1. The van der Waals surface area contributed by atoms with E-state index in [1.807, 2.05) is 66.4 Å². The monoisotopic (exact) mass is 722 g/mol. The van der Waals surface area contributed by atoms with E-state index in [2.05, 4.69) is 27.0 Å². The predicted octanol–water partition coefficient (Wildman–Crippen LogP) is 5.79. The molecule has 5 aliphatic rings. The number of aromatic nitrogens is 2. The number of likely N-dealkylation sites (tertiary alicyclic amines) is 1. The summed E-state index contributed by atoms with van der Waals surface area (Å²) in [6.45, 7) is 16.9. The summed E-state index contributed by atoms with van der Waals surface area (Å²) in [6, 6.07) is 5.04. The third-order valence-corrected chi connectivity index (χ3v) is 11.8. The SMILES string of the molecule is Cc1cc(C2=CC3CCC(C2)N3C2CN(C(=O)OC(C)(C)C)C2)cc2c1O[C@H](C)c1c(N3CCS(=O)(=O)CC3)ncnc1N2C(=O)OC(C)(C)C. The van der Waals surface area contributed by atoms with Crippen LogP contribution in [0, 0.1) is 6.92 Å². The molecule has 0 N–H and O–H groups in total. The number of hydrogen-bond acceptors (Lipinski definition) is 11. The highest BCUT2D eigenvalue weighted by Gasteiger charge is 2.47. The zero-order valence-electron chi connectivity index (χ0n) is 30.9. The van der Waals surface area contributed by atoms with Gasteiger partial charge in [0.2, 0.25) is 0 Å². The molecule has 5 aliphatic heterocycles. The molecule has 0 spiro atoms. The molecule has 3 fully saturated rings. The largest absolute Gasteiger partial charge is 0.483 e. The van der Waals surface area contributed by atoms with Gasteiger partial charge in [-0.05, 0) is 103 Å². The van der Waals surface area contributed by atoms with E-state index in [4.69, 9.17) is 14.2 Å². The van der Waals surface area contributed by atoms with E-state index in [-0.39, 0.29) is 36.7 Å². The van der Waals surface area contributed by atoms with Gasteiger partial charge in [0.15, 0.2) is 15.7 Å². The Hall–Kier alpha value is -3.91. The number of benzene rings is 1. The maximum atomic E-state index is 14.2. The molecule has 2 aromatic rings. The van der Waals surface area contributed by atoms with Crippen LogP contribution in [0.3, 0.4) is 0 Å². The summed E-state index contributed by atoms with van der Waals surface area (Å²) in [5.41, 5.74) is 2.94. The Labute approximate surface area is 300 Å². The summed E-state index contributed by atoms with van der Waals surface area (Å²) in [4.78, 5) is 43.9. The Balaban J connectivity index is 1.23. The molecule has 0 radical (unpaired) electrons. The fraction of sp³-hybridized carbons (Fsp3) is 0.622. The first-order valence-corrected chi connectivity index (χ1v) is 19.8. The highest BCUT2D eigenvalue weighted by molar-refractivity contribution is 7.91. The van der Waals surface area contributed by atoms with Gasteiger partial charge < -0.3 is 24.0 Å². The number of anilines is 3. The van der Waals surface area contributed by atoms with Crippen molar-refractivity contribution in [3.8, 4) is 5.75 Å². The van der Waals surface area contributed by atoms with E-state index in [9.17, 15) is 18.0 Å². The lowest BCUT2D eigenvalue weighted by molar-refractivity contribution is -0.0235. The van der Waals surface area contributed by atoms with Crippen molar-refractivity contribution in [2.45, 2.75) is 110 Å². The highest BCUT2D eigenvalue weighted by Crippen LogP contribution is 2.49. The van der Waals surface area contributed by atoms with Gasteiger partial charge in [-0.3, -0.25) is 4.90 Å². The zero-order valence-corrected chi connectivity index (χ0v) is 31.7. The molecule has 14 heteroatoms. The molecule has 7 rings (SSSR count). The minimum atomic E-state index is -3.13. The summed E-state index contributed by atoms with van der Waals surface area (Å²) < 4.78 is 42.8. The van der Waals surface area contributed by atoms with E-state index < -0.39 is 33.2 Å². The van der Waals surface area contributed by atoms with Crippen molar-refractivity contribution in [2.75, 3.05) is 47.5 Å². The van der Waals surface area contributed by atoms with Gasteiger partial charge in [0, 0.05) is 44.3 Å². The van der Waals surface area contributed by atoms with E-state index >= 15 is 0 Å². The van der Waals surface area contributed by atoms with Crippen molar-refractivity contribution in [1.29, 1.82) is 0 Å². The number of ether oxygens (including phenoxy) is 3. The van der Waals surface area contributed by atoms with Gasteiger partial charge in [-0.1, -0.05) is 6.08 Å². The summed E-state index contributed by atoms with van der Waals surface area (Å²) in [5.74, 6) is 1.51. The molecule has 2 bridgehead atoms. The van der Waals surface area contributed by atoms with Crippen molar-refractivity contribution in [3.05, 3.63) is 41.2 Å². The smallest absolute Gasteiger partial charge is 0.420 e. The van der Waals surface area contributed by atoms with Gasteiger partial charge in [-0.2, -0.15) is 0 Å². The van der Waals surface area contributed by atoms with E-state index in [0.717, 1.165) is 30.4 Å². The van der Waals surface area contributed by atoms with Gasteiger partial charge >= 0.3 is 12.2 Å². The maximum absolute atomic E-state index is 14.2. The number of carbonyl (C=O) groups excluding carboxylic acids is 2. The molecule has 2 unspecified atom stereocenters. The Morgan fingerprint density at radius 2 is 1.55 bits per heavy atom. The second-order valence-corrected chi connectivity index (χ2v) is 18.8. The van der Waals surface area contributed by atoms with Crippen LogP contribution in [-0.4, -0.2) is 107 Å². The predicted molar refractivity (Wildman–Crippen MR) is 194 cm³/mol. The number of carbonyl (C=O) groups is 2. The standard InChI is InChI=1S/C37H50N6O7S/c1-22-15-24(25-16-26-9-10-27(17-25)42(26)28-19-41(20-28)34(44)49-36(3,4)5)18-29-31(22)48-23(2)30-32(40-11-13-51(46,47)14-12-40)38-21-39-33(30)43(29)35(45)50-37(6,7)8/h15-16,18,21,23,26-28H,9-14,17,19-20H2,1-8H3/t23-,26?,27?/m1/s1. The summed E-state index contributed by atoms with van der Waals surface area (Å²) in [6.07, 6.45) is 5.36. The Kier molecular flexibility index (Phi) is 8.80. The maximum Gasteiger partial charge on any atom is 0.420 e. The number of aryl methyl sites for hydroxylation is 1. The highest BCUT2D eigenvalue weighted by atomic mass is 32.2. The molecule has 0 aliphatic carbocycles. The van der Waals surface area contributed by atoms with Crippen LogP contribution in [0.15, 0.2) is 24.5 Å². The molecule has 2 amide bonds. The lowest BCUT2D eigenvalue weighted by Gasteiger charge is -2.49. The van der Waals surface area contributed by atoms with Gasteiger partial charge in [0.05, 0.1) is 22.8 Å². The van der Waals surface area contributed by atoms with Crippen LogP contribution >= 0.6 is 0 Å². The summed E-state index contributed by atoms with van der Waals surface area (Å²) in [7, 11) is -3.13. The molecule has 3 saturated heterocycles. The average Bonchev–Trinajstić information content (AvgIpc) is 3.16. The molecule has 0 saturated carbocycles. The first-order valence-electron chi connectivity index (χ1n) is 18.0. The molecule has 13 nitrogen and oxygen atoms in total. The van der Waals surface area contributed by atoms with Gasteiger partial charge in [-0.25, -0.2) is 32.9 Å². The van der Waals surface area contributed by atoms with Crippen molar-refractivity contribution >= 4 is 44.9 Å². The van der Waals surface area contributed by atoms with Crippen molar-refractivity contribution in [1.82, 2.24) is 19.8 Å². The minimum Gasteiger partial charge on any atom is -0.483 e. The van der Waals surface area contributed by atoms with Crippen molar-refractivity contribution in [2.24, 2.45) is 0 Å². The number of nitrogens with zero attached hydrogens (tertiary/aromatic N) is 6. The van der Waals surface area contributed by atoms with Gasteiger partial charge in [0.1, 0.15) is 35.2 Å². The van der Waals surface area contributed by atoms with Crippen LogP contribution in [0.4, 0.5) is 26.9 Å². The average molecular weight is 723 g/mol. The second kappa shape index (κ2) is 12.6. The minimum absolute atomic E-state index is 0.0246. The van der Waals surface area contributed by atoms with Crippen molar-refractivity contribution < 1.29 is 32.2 Å². The number of amides is 2. The third-order valence-electron chi connectivity index (χ3n) is 10.2. The van der Waals surface area contributed by atoms with Crippen LogP contribution in [0.1, 0.15) is 90.5 Å². The Bertz CT molecular complexity index is 1860. The Morgan fingerprint density at radius 1 is 0.902 bits per heavy atom. The quantitative estimate of drug-likeness (QED) is 0.381. The first-order chi connectivity index (χ1) is 23.9. The molecule has 3 atom stereocenters. The second-order valence-electron chi connectivity index (χ2n) is 16.5. The number of fused-ring (bicyclic) bond motifs is 4. The van der Waals surface area contributed by atoms with E-state index in [1.54, 1.807) is 4.90 Å². The van der Waals surface area contributed by atoms with Crippen LogP contribution in [-0.2, 0) is 19.3 Å². The van der Waals surface area contributed by atoms with Crippen LogP contribution in [0.5, 0.6) is 5.75 Å². The zero-order chi connectivity index (χ0) is 36.6. The molecule has 1 aromatic heterocycles. The molecule has 276 valence electrons. The molecule has 6 heterocycles. The van der Waals surface area contributed by atoms with Crippen LogP contribution < -0.4 is 14.5 Å². The fourth-order valence-corrected chi connectivity index (χ4v) is 9.16. The summed E-state index contributed by atoms with van der Waals surface area (Å²) in [5, 5.41) is 0. The van der Waals surface area contributed by atoms with Gasteiger partial charge in [-0.15, -0.1) is 0 Å². The first kappa shape index (κ1) is 35.5. The van der Waals surface area contributed by atoms with Gasteiger partial charge in [0.25, 0.3) is 0 Å². The lowest BCUT2D eigenvalue weighted by atomic mass is 9.91. The molecule has 51 heavy (non-hydrogen) atoms. The van der Waals surface area contributed by atoms with E-state index in [1.165, 1.54) is 16.8 Å².